The van der Waals surface area contributed by atoms with E-state index in [1.54, 1.807) is 16.2 Å². The summed E-state index contributed by atoms with van der Waals surface area (Å²) in [5, 5.41) is 2.83. The quantitative estimate of drug-likeness (QED) is 0.927. The number of piperazine rings is 1. The minimum atomic E-state index is -0.384. The number of amides is 2. The second-order valence-corrected chi connectivity index (χ2v) is 6.84. The van der Waals surface area contributed by atoms with Gasteiger partial charge in [-0.3, -0.25) is 9.59 Å². The molecule has 0 aromatic carbocycles. The van der Waals surface area contributed by atoms with Gasteiger partial charge < -0.3 is 10.2 Å². The Hall–Kier alpha value is -1.36. The van der Waals surface area contributed by atoms with Gasteiger partial charge in [-0.15, -0.1) is 11.3 Å². The van der Waals surface area contributed by atoms with E-state index in [-0.39, 0.29) is 36.4 Å². The van der Waals surface area contributed by atoms with Crippen molar-refractivity contribution in [2.24, 2.45) is 5.92 Å². The highest BCUT2D eigenvalue weighted by atomic mass is 32.1. The van der Waals surface area contributed by atoms with E-state index in [1.807, 2.05) is 33.8 Å². The number of hydrogen-bond donors (Lipinski definition) is 1. The Kier molecular flexibility index (Phi) is 4.48. The van der Waals surface area contributed by atoms with Gasteiger partial charge in [-0.05, 0) is 31.9 Å². The van der Waals surface area contributed by atoms with E-state index in [9.17, 15) is 9.59 Å². The number of rotatable bonds is 4. The molecule has 1 fully saturated rings. The Morgan fingerprint density at radius 1 is 1.40 bits per heavy atom. The first-order valence-electron chi connectivity index (χ1n) is 7.10. The van der Waals surface area contributed by atoms with E-state index in [4.69, 9.17) is 0 Å². The van der Waals surface area contributed by atoms with Crippen LogP contribution in [0.3, 0.4) is 0 Å². The van der Waals surface area contributed by atoms with E-state index in [2.05, 4.69) is 11.4 Å². The summed E-state index contributed by atoms with van der Waals surface area (Å²) < 4.78 is 0. The molecule has 2 amide bonds. The molecule has 1 aromatic rings. The molecular weight excluding hydrogens is 272 g/mol. The van der Waals surface area contributed by atoms with Crippen molar-refractivity contribution in [1.82, 2.24) is 10.2 Å². The Bertz CT molecular complexity index is 512. The van der Waals surface area contributed by atoms with E-state index < -0.39 is 0 Å². The molecule has 0 spiro atoms. The highest BCUT2D eigenvalue weighted by molar-refractivity contribution is 7.12. The third kappa shape index (κ3) is 2.87. The van der Waals surface area contributed by atoms with Crippen molar-refractivity contribution in [2.75, 3.05) is 6.54 Å². The number of hydrogen-bond acceptors (Lipinski definition) is 3. The zero-order valence-corrected chi connectivity index (χ0v) is 13.3. The van der Waals surface area contributed by atoms with E-state index in [0.29, 0.717) is 0 Å². The Morgan fingerprint density at radius 2 is 2.10 bits per heavy atom. The molecule has 20 heavy (non-hydrogen) atoms. The van der Waals surface area contributed by atoms with Crippen LogP contribution in [0.1, 0.15) is 43.0 Å². The molecule has 0 radical (unpaired) electrons. The minimum Gasteiger partial charge on any atom is -0.342 e. The van der Waals surface area contributed by atoms with Crippen LogP contribution < -0.4 is 5.32 Å². The maximum atomic E-state index is 12.6. The largest absolute Gasteiger partial charge is 0.342 e. The fourth-order valence-electron chi connectivity index (χ4n) is 2.47. The van der Waals surface area contributed by atoms with Gasteiger partial charge in [-0.25, -0.2) is 0 Å². The normalized spacial score (nSPS) is 22.6. The molecule has 1 N–H and O–H groups in total. The van der Waals surface area contributed by atoms with E-state index >= 15 is 0 Å². The molecule has 1 aliphatic rings. The van der Waals surface area contributed by atoms with Gasteiger partial charge in [0.2, 0.25) is 11.8 Å². The van der Waals surface area contributed by atoms with Gasteiger partial charge in [0.1, 0.15) is 12.6 Å². The van der Waals surface area contributed by atoms with Crippen LogP contribution in [0, 0.1) is 12.8 Å². The molecule has 3 atom stereocenters. The molecule has 4 nitrogen and oxygen atoms in total. The van der Waals surface area contributed by atoms with Gasteiger partial charge in [0.05, 0.1) is 6.04 Å². The summed E-state index contributed by atoms with van der Waals surface area (Å²) in [5.41, 5.74) is 0. The Balaban J connectivity index is 2.21. The van der Waals surface area contributed by atoms with Gasteiger partial charge in [-0.1, -0.05) is 20.3 Å². The smallest absolute Gasteiger partial charge is 0.246 e. The molecule has 1 aliphatic heterocycles. The highest BCUT2D eigenvalue weighted by Crippen LogP contribution is 2.29. The first kappa shape index (κ1) is 15.0. The lowest BCUT2D eigenvalue weighted by Crippen LogP contribution is -2.60. The molecule has 3 unspecified atom stereocenters. The number of nitrogens with one attached hydrogen (secondary N) is 1. The van der Waals surface area contributed by atoms with Crippen LogP contribution >= 0.6 is 11.3 Å². The van der Waals surface area contributed by atoms with Crippen molar-refractivity contribution in [2.45, 2.75) is 46.2 Å². The van der Waals surface area contributed by atoms with Gasteiger partial charge in [0, 0.05) is 9.75 Å². The molecule has 0 saturated carbocycles. The SMILES string of the molecule is CCC(C)C1NC(=O)CN(C(C)c2ccc(C)s2)C1=O. The molecule has 2 heterocycles. The first-order chi connectivity index (χ1) is 9.43. The summed E-state index contributed by atoms with van der Waals surface area (Å²) in [6.45, 7) is 8.24. The lowest BCUT2D eigenvalue weighted by atomic mass is 9.95. The summed E-state index contributed by atoms with van der Waals surface area (Å²) in [7, 11) is 0. The zero-order valence-electron chi connectivity index (χ0n) is 12.5. The van der Waals surface area contributed by atoms with Crippen LogP contribution in [-0.2, 0) is 9.59 Å². The Labute approximate surface area is 124 Å². The van der Waals surface area contributed by atoms with Gasteiger partial charge in [-0.2, -0.15) is 0 Å². The van der Waals surface area contributed by atoms with Crippen molar-refractivity contribution < 1.29 is 9.59 Å². The van der Waals surface area contributed by atoms with Crippen LogP contribution in [0.25, 0.3) is 0 Å². The molecule has 1 aromatic heterocycles. The third-order valence-corrected chi connectivity index (χ3v) is 5.20. The maximum absolute atomic E-state index is 12.6. The van der Waals surface area contributed by atoms with E-state index in [0.717, 1.165) is 11.3 Å². The second-order valence-electron chi connectivity index (χ2n) is 5.52. The van der Waals surface area contributed by atoms with Crippen LogP contribution in [0.15, 0.2) is 12.1 Å². The predicted molar refractivity (Wildman–Crippen MR) is 80.6 cm³/mol. The zero-order chi connectivity index (χ0) is 14.9. The summed E-state index contributed by atoms with van der Waals surface area (Å²) in [4.78, 5) is 28.6. The van der Waals surface area contributed by atoms with Crippen LogP contribution in [0.2, 0.25) is 0 Å². The predicted octanol–water partition coefficient (Wildman–Crippen LogP) is 2.49. The standard InChI is InChI=1S/C15H22N2O2S/c1-5-9(2)14-15(19)17(8-13(18)16-14)11(4)12-7-6-10(3)20-12/h6-7,9,11,14H,5,8H2,1-4H3,(H,16,18). The van der Waals surface area contributed by atoms with Crippen LogP contribution in [0.5, 0.6) is 0 Å². The van der Waals surface area contributed by atoms with Gasteiger partial charge in [0.15, 0.2) is 0 Å². The molecule has 2 rings (SSSR count). The third-order valence-electron chi connectivity index (χ3n) is 4.03. The molecule has 1 saturated heterocycles. The van der Waals surface area contributed by atoms with Crippen molar-refractivity contribution in [3.63, 3.8) is 0 Å². The number of carbonyl (C=O) groups is 2. The fourth-order valence-corrected chi connectivity index (χ4v) is 3.41. The summed E-state index contributed by atoms with van der Waals surface area (Å²) in [6, 6.07) is 3.67. The minimum absolute atomic E-state index is 0.0394. The Morgan fingerprint density at radius 3 is 2.65 bits per heavy atom. The first-order valence-corrected chi connectivity index (χ1v) is 7.91. The molecular formula is C15H22N2O2S. The molecule has 0 aliphatic carbocycles. The molecule has 0 bridgehead atoms. The van der Waals surface area contributed by atoms with Gasteiger partial charge in [0.25, 0.3) is 0 Å². The molecule has 110 valence electrons. The average Bonchev–Trinajstić information content (AvgIpc) is 2.86. The number of thiophene rings is 1. The van der Waals surface area contributed by atoms with Crippen molar-refractivity contribution in [3.05, 3.63) is 21.9 Å². The summed E-state index contributed by atoms with van der Waals surface area (Å²) >= 11 is 1.68. The average molecular weight is 294 g/mol. The van der Waals surface area contributed by atoms with Crippen LogP contribution in [0.4, 0.5) is 0 Å². The monoisotopic (exact) mass is 294 g/mol. The second kappa shape index (κ2) is 5.95. The lowest BCUT2D eigenvalue weighted by Gasteiger charge is -2.38. The fraction of sp³-hybridized carbons (Fsp3) is 0.600. The molecule has 5 heteroatoms. The van der Waals surface area contributed by atoms with Crippen molar-refractivity contribution in [3.8, 4) is 0 Å². The van der Waals surface area contributed by atoms with Crippen molar-refractivity contribution >= 4 is 23.2 Å². The van der Waals surface area contributed by atoms with Crippen LogP contribution in [-0.4, -0.2) is 29.3 Å². The van der Waals surface area contributed by atoms with E-state index in [1.165, 1.54) is 4.88 Å². The lowest BCUT2D eigenvalue weighted by molar-refractivity contribution is -0.147. The summed E-state index contributed by atoms with van der Waals surface area (Å²) in [6.07, 6.45) is 0.872. The van der Waals surface area contributed by atoms with Gasteiger partial charge >= 0.3 is 0 Å². The number of aryl methyl sites for hydroxylation is 1. The van der Waals surface area contributed by atoms with Crippen molar-refractivity contribution in [1.29, 1.82) is 0 Å². The maximum Gasteiger partial charge on any atom is 0.246 e. The summed E-state index contributed by atoms with van der Waals surface area (Å²) in [5.74, 6) is 0.138. The highest BCUT2D eigenvalue weighted by Gasteiger charge is 2.38. The topological polar surface area (TPSA) is 49.4 Å². The number of carbonyl (C=O) groups excluding carboxylic acids is 2. The number of nitrogens with zero attached hydrogens (tertiary/aromatic N) is 1.